The molecule has 1 aromatic heterocycles. The number of carboxylic acid groups (broad SMARTS) is 1. The zero-order valence-electron chi connectivity index (χ0n) is 10.1. The minimum atomic E-state index is -4.17. The highest BCUT2D eigenvalue weighted by molar-refractivity contribution is 7.92. The summed E-state index contributed by atoms with van der Waals surface area (Å²) in [6.45, 7) is 0. The number of aromatic nitrogens is 2. The SMILES string of the molecule is O=C(O)c1cc(S(=O)(=O)Nc2nccc(Cl)n2)ccc1F. The molecule has 0 aliphatic heterocycles. The maximum atomic E-state index is 13.3. The fourth-order valence-electron chi connectivity index (χ4n) is 1.40. The molecule has 110 valence electrons. The number of nitrogens with zero attached hydrogens (tertiary/aromatic N) is 2. The van der Waals surface area contributed by atoms with Gasteiger partial charge in [-0.05, 0) is 24.3 Å². The van der Waals surface area contributed by atoms with Gasteiger partial charge >= 0.3 is 5.97 Å². The van der Waals surface area contributed by atoms with Crippen LogP contribution in [0.1, 0.15) is 10.4 Å². The van der Waals surface area contributed by atoms with E-state index >= 15 is 0 Å². The van der Waals surface area contributed by atoms with Gasteiger partial charge in [0.25, 0.3) is 10.0 Å². The summed E-state index contributed by atoms with van der Waals surface area (Å²) in [5.74, 6) is -2.91. The van der Waals surface area contributed by atoms with Gasteiger partial charge in [-0.1, -0.05) is 11.6 Å². The number of anilines is 1. The molecule has 1 heterocycles. The third-order valence-corrected chi connectivity index (χ3v) is 3.86. The summed E-state index contributed by atoms with van der Waals surface area (Å²) in [4.78, 5) is 17.6. The van der Waals surface area contributed by atoms with Crippen molar-refractivity contribution >= 4 is 33.5 Å². The summed E-state index contributed by atoms with van der Waals surface area (Å²) in [6, 6.07) is 3.72. The normalized spacial score (nSPS) is 11.1. The Labute approximate surface area is 123 Å². The third kappa shape index (κ3) is 3.44. The monoisotopic (exact) mass is 331 g/mol. The molecule has 0 aliphatic rings. The first-order chi connectivity index (χ1) is 9.79. The number of hydrogen-bond acceptors (Lipinski definition) is 5. The second-order valence-electron chi connectivity index (χ2n) is 3.76. The van der Waals surface area contributed by atoms with Crippen LogP contribution in [0.15, 0.2) is 35.4 Å². The second kappa shape index (κ2) is 5.62. The highest BCUT2D eigenvalue weighted by Crippen LogP contribution is 2.18. The molecule has 21 heavy (non-hydrogen) atoms. The summed E-state index contributed by atoms with van der Waals surface area (Å²) < 4.78 is 39.4. The number of aromatic carboxylic acids is 1. The molecule has 2 rings (SSSR count). The van der Waals surface area contributed by atoms with E-state index in [0.717, 1.165) is 12.1 Å². The molecule has 0 unspecified atom stereocenters. The van der Waals surface area contributed by atoms with Crippen LogP contribution in [-0.4, -0.2) is 29.5 Å². The molecule has 0 atom stereocenters. The van der Waals surface area contributed by atoms with Crippen molar-refractivity contribution in [2.24, 2.45) is 0 Å². The molecular weight excluding hydrogens is 325 g/mol. The first kappa shape index (κ1) is 15.1. The lowest BCUT2D eigenvalue weighted by molar-refractivity contribution is 0.0691. The Morgan fingerprint density at radius 1 is 1.33 bits per heavy atom. The fourth-order valence-corrected chi connectivity index (χ4v) is 2.51. The van der Waals surface area contributed by atoms with Crippen LogP contribution in [0.2, 0.25) is 5.15 Å². The van der Waals surface area contributed by atoms with E-state index < -0.39 is 32.3 Å². The molecule has 2 N–H and O–H groups in total. The Balaban J connectivity index is 2.40. The molecule has 10 heteroatoms. The number of hydrogen-bond donors (Lipinski definition) is 2. The largest absolute Gasteiger partial charge is 0.478 e. The second-order valence-corrected chi connectivity index (χ2v) is 5.82. The third-order valence-electron chi connectivity index (χ3n) is 2.33. The molecule has 0 fully saturated rings. The van der Waals surface area contributed by atoms with Crippen LogP contribution in [0.4, 0.5) is 10.3 Å². The van der Waals surface area contributed by atoms with Crippen molar-refractivity contribution in [3.63, 3.8) is 0 Å². The molecule has 0 aliphatic carbocycles. The summed E-state index contributed by atoms with van der Waals surface area (Å²) >= 11 is 5.59. The van der Waals surface area contributed by atoms with Crippen molar-refractivity contribution in [1.82, 2.24) is 9.97 Å². The average molecular weight is 332 g/mol. The molecule has 7 nitrogen and oxygen atoms in total. The van der Waals surface area contributed by atoms with Crippen LogP contribution in [0.25, 0.3) is 0 Å². The first-order valence-electron chi connectivity index (χ1n) is 5.34. The Bertz CT molecular complexity index is 813. The number of carbonyl (C=O) groups is 1. The number of carboxylic acids is 1. The minimum absolute atomic E-state index is 0.0213. The van der Waals surface area contributed by atoms with Gasteiger partial charge in [-0.15, -0.1) is 0 Å². The lowest BCUT2D eigenvalue weighted by atomic mass is 10.2. The van der Waals surface area contributed by atoms with Crippen LogP contribution < -0.4 is 4.72 Å². The number of halogens is 2. The molecule has 0 amide bonds. The molecule has 0 spiro atoms. The van der Waals surface area contributed by atoms with Crippen LogP contribution in [-0.2, 0) is 10.0 Å². The van der Waals surface area contributed by atoms with Gasteiger partial charge in [0.2, 0.25) is 5.95 Å². The Kier molecular flexibility index (Phi) is 4.05. The zero-order chi connectivity index (χ0) is 15.6. The van der Waals surface area contributed by atoms with Crippen molar-refractivity contribution in [3.05, 3.63) is 47.0 Å². The van der Waals surface area contributed by atoms with E-state index in [1.54, 1.807) is 0 Å². The lowest BCUT2D eigenvalue weighted by Crippen LogP contribution is -2.16. The van der Waals surface area contributed by atoms with Gasteiger partial charge in [-0.3, -0.25) is 0 Å². The topological polar surface area (TPSA) is 109 Å². The minimum Gasteiger partial charge on any atom is -0.478 e. The van der Waals surface area contributed by atoms with Crippen LogP contribution in [0.3, 0.4) is 0 Å². The maximum Gasteiger partial charge on any atom is 0.338 e. The van der Waals surface area contributed by atoms with E-state index in [1.807, 2.05) is 4.72 Å². The smallest absolute Gasteiger partial charge is 0.338 e. The van der Waals surface area contributed by atoms with Crippen molar-refractivity contribution in [3.8, 4) is 0 Å². The number of rotatable bonds is 4. The van der Waals surface area contributed by atoms with Crippen LogP contribution >= 0.6 is 11.6 Å². The molecule has 0 radical (unpaired) electrons. The first-order valence-corrected chi connectivity index (χ1v) is 7.20. The van der Waals surface area contributed by atoms with Gasteiger partial charge in [0.05, 0.1) is 10.5 Å². The van der Waals surface area contributed by atoms with Gasteiger partial charge in [0.1, 0.15) is 11.0 Å². The van der Waals surface area contributed by atoms with E-state index in [0.29, 0.717) is 6.07 Å². The average Bonchev–Trinajstić information content (AvgIpc) is 2.38. The Morgan fingerprint density at radius 2 is 2.05 bits per heavy atom. The van der Waals surface area contributed by atoms with Gasteiger partial charge in [-0.25, -0.2) is 32.3 Å². The van der Waals surface area contributed by atoms with Gasteiger partial charge in [0.15, 0.2) is 0 Å². The maximum absolute atomic E-state index is 13.3. The molecule has 0 saturated carbocycles. The standard InChI is InChI=1S/C11H7ClFN3O4S/c12-9-3-4-14-11(15-9)16-21(19,20)6-1-2-8(13)7(5-6)10(17)18/h1-5H,(H,17,18)(H,14,15,16). The van der Waals surface area contributed by atoms with E-state index in [1.165, 1.54) is 12.3 Å². The van der Waals surface area contributed by atoms with Gasteiger partial charge < -0.3 is 5.11 Å². The summed E-state index contributed by atoms with van der Waals surface area (Å²) in [7, 11) is -4.17. The quantitative estimate of drug-likeness (QED) is 0.826. The number of nitrogens with one attached hydrogen (secondary N) is 1. The van der Waals surface area contributed by atoms with Gasteiger partial charge in [-0.2, -0.15) is 0 Å². The number of benzene rings is 1. The van der Waals surface area contributed by atoms with Crippen LogP contribution in [0.5, 0.6) is 0 Å². The highest BCUT2D eigenvalue weighted by Gasteiger charge is 2.20. The van der Waals surface area contributed by atoms with Crippen molar-refractivity contribution in [2.45, 2.75) is 4.90 Å². The van der Waals surface area contributed by atoms with Crippen LogP contribution in [0, 0.1) is 5.82 Å². The number of sulfonamides is 1. The van der Waals surface area contributed by atoms with Crippen molar-refractivity contribution < 1.29 is 22.7 Å². The Hall–Kier alpha value is -2.26. The van der Waals surface area contributed by atoms with E-state index in [2.05, 4.69) is 9.97 Å². The summed E-state index contributed by atoms with van der Waals surface area (Å²) in [5.41, 5.74) is -0.759. The summed E-state index contributed by atoms with van der Waals surface area (Å²) in [5, 5.41) is 8.81. The van der Waals surface area contributed by atoms with Crippen molar-refractivity contribution in [2.75, 3.05) is 4.72 Å². The molecular formula is C11H7ClFN3O4S. The highest BCUT2D eigenvalue weighted by atomic mass is 35.5. The fraction of sp³-hybridized carbons (Fsp3) is 0. The van der Waals surface area contributed by atoms with Crippen molar-refractivity contribution in [1.29, 1.82) is 0 Å². The van der Waals surface area contributed by atoms with E-state index in [9.17, 15) is 17.6 Å². The molecule has 0 saturated heterocycles. The van der Waals surface area contributed by atoms with E-state index in [4.69, 9.17) is 16.7 Å². The molecule has 2 aromatic rings. The Morgan fingerprint density at radius 3 is 2.67 bits per heavy atom. The predicted octanol–water partition coefficient (Wildman–Crippen LogP) is 1.77. The zero-order valence-corrected chi connectivity index (χ0v) is 11.7. The summed E-state index contributed by atoms with van der Waals surface area (Å²) in [6.07, 6.45) is 1.24. The molecule has 1 aromatic carbocycles. The molecule has 0 bridgehead atoms. The predicted molar refractivity (Wildman–Crippen MR) is 71.2 cm³/mol. The van der Waals surface area contributed by atoms with Gasteiger partial charge in [0, 0.05) is 6.20 Å². The van der Waals surface area contributed by atoms with E-state index in [-0.39, 0.29) is 11.1 Å². The lowest BCUT2D eigenvalue weighted by Gasteiger charge is -2.07.